The summed E-state index contributed by atoms with van der Waals surface area (Å²) in [4.78, 5) is 14.0. The van der Waals surface area contributed by atoms with E-state index < -0.39 is 0 Å². The fraction of sp³-hybridized carbons (Fsp3) is 0.154. The van der Waals surface area contributed by atoms with Gasteiger partial charge in [0.15, 0.2) is 5.75 Å². The van der Waals surface area contributed by atoms with Crippen molar-refractivity contribution in [1.82, 2.24) is 4.98 Å². The van der Waals surface area contributed by atoms with Gasteiger partial charge in [0.2, 0.25) is 0 Å². The van der Waals surface area contributed by atoms with Crippen LogP contribution in [0.1, 0.15) is 11.1 Å². The van der Waals surface area contributed by atoms with Crippen molar-refractivity contribution in [2.24, 2.45) is 0 Å². The first-order chi connectivity index (χ1) is 7.75. The maximum atomic E-state index is 11.4. The quantitative estimate of drug-likeness (QED) is 0.853. The molecule has 0 aliphatic carbocycles. The number of rotatable bonds is 3. The van der Waals surface area contributed by atoms with Gasteiger partial charge in [0.1, 0.15) is 6.61 Å². The molecule has 0 radical (unpaired) electrons. The van der Waals surface area contributed by atoms with E-state index in [4.69, 9.17) is 4.74 Å². The maximum absolute atomic E-state index is 11.4. The Hall–Kier alpha value is -2.03. The monoisotopic (exact) mass is 215 g/mol. The number of nitrogens with one attached hydrogen (secondary N) is 1. The molecular weight excluding hydrogens is 202 g/mol. The highest BCUT2D eigenvalue weighted by molar-refractivity contribution is 5.23. The molecular formula is C13H13NO2. The van der Waals surface area contributed by atoms with Crippen LogP contribution in [0.15, 0.2) is 47.4 Å². The smallest absolute Gasteiger partial charge is 0.290 e. The highest BCUT2D eigenvalue weighted by Gasteiger charge is 2.01. The van der Waals surface area contributed by atoms with E-state index in [-0.39, 0.29) is 5.56 Å². The molecule has 0 saturated heterocycles. The minimum absolute atomic E-state index is 0.193. The van der Waals surface area contributed by atoms with Gasteiger partial charge in [-0.2, -0.15) is 0 Å². The van der Waals surface area contributed by atoms with Crippen molar-refractivity contribution in [3.8, 4) is 5.75 Å². The number of pyridine rings is 1. The lowest BCUT2D eigenvalue weighted by atomic mass is 10.2. The van der Waals surface area contributed by atoms with Crippen LogP contribution in [0.2, 0.25) is 0 Å². The summed E-state index contributed by atoms with van der Waals surface area (Å²) in [5, 5.41) is 0. The van der Waals surface area contributed by atoms with Crippen LogP contribution in [0.25, 0.3) is 0 Å². The Bertz CT molecular complexity index is 517. The van der Waals surface area contributed by atoms with E-state index in [1.165, 1.54) is 0 Å². The molecule has 1 heterocycles. The predicted octanol–water partition coefficient (Wildman–Crippen LogP) is 2.26. The van der Waals surface area contributed by atoms with Crippen LogP contribution in [-0.2, 0) is 6.61 Å². The number of hydrogen-bond donors (Lipinski definition) is 1. The zero-order chi connectivity index (χ0) is 11.4. The summed E-state index contributed by atoms with van der Waals surface area (Å²) in [5.74, 6) is 0.365. The van der Waals surface area contributed by atoms with E-state index in [1.807, 2.05) is 37.3 Å². The van der Waals surface area contributed by atoms with Gasteiger partial charge in [0, 0.05) is 6.20 Å². The Morgan fingerprint density at radius 1 is 1.25 bits per heavy atom. The van der Waals surface area contributed by atoms with E-state index in [0.29, 0.717) is 12.4 Å². The molecule has 1 N–H and O–H groups in total. The topological polar surface area (TPSA) is 42.1 Å². The molecule has 0 spiro atoms. The number of ether oxygens (including phenoxy) is 1. The van der Waals surface area contributed by atoms with Crippen LogP contribution in [0, 0.1) is 6.92 Å². The maximum Gasteiger partial charge on any atom is 0.290 e. The molecule has 0 aliphatic rings. The van der Waals surface area contributed by atoms with Gasteiger partial charge in [-0.15, -0.1) is 0 Å². The summed E-state index contributed by atoms with van der Waals surface area (Å²) >= 11 is 0. The Morgan fingerprint density at radius 2 is 2.00 bits per heavy atom. The molecule has 3 heteroatoms. The van der Waals surface area contributed by atoms with Crippen molar-refractivity contribution in [1.29, 1.82) is 0 Å². The lowest BCUT2D eigenvalue weighted by molar-refractivity contribution is 0.301. The number of hydrogen-bond acceptors (Lipinski definition) is 2. The molecule has 82 valence electrons. The third-order valence-corrected chi connectivity index (χ3v) is 2.25. The van der Waals surface area contributed by atoms with Gasteiger partial charge in [0.25, 0.3) is 5.56 Å². The summed E-state index contributed by atoms with van der Waals surface area (Å²) in [6.45, 7) is 2.32. The third kappa shape index (κ3) is 2.51. The Labute approximate surface area is 93.7 Å². The Morgan fingerprint density at radius 3 is 2.75 bits per heavy atom. The fourth-order valence-electron chi connectivity index (χ4n) is 1.41. The van der Waals surface area contributed by atoms with Crippen LogP contribution < -0.4 is 10.3 Å². The molecule has 3 nitrogen and oxygen atoms in total. The minimum atomic E-state index is -0.193. The molecule has 0 amide bonds. The molecule has 1 aromatic heterocycles. The number of H-pyrrole nitrogens is 1. The lowest BCUT2D eigenvalue weighted by Gasteiger charge is -2.05. The largest absolute Gasteiger partial charge is 0.483 e. The average Bonchev–Trinajstić information content (AvgIpc) is 2.32. The van der Waals surface area contributed by atoms with Crippen LogP contribution in [0.5, 0.6) is 5.75 Å². The van der Waals surface area contributed by atoms with Crippen LogP contribution in [0.3, 0.4) is 0 Å². The fourth-order valence-corrected chi connectivity index (χ4v) is 1.41. The Kier molecular flexibility index (Phi) is 3.05. The molecule has 0 atom stereocenters. The van der Waals surface area contributed by atoms with Crippen molar-refractivity contribution < 1.29 is 4.74 Å². The minimum Gasteiger partial charge on any atom is -0.483 e. The number of benzene rings is 1. The second-order valence-electron chi connectivity index (χ2n) is 3.64. The first kappa shape index (κ1) is 10.5. The van der Waals surface area contributed by atoms with Gasteiger partial charge < -0.3 is 9.72 Å². The van der Waals surface area contributed by atoms with E-state index in [2.05, 4.69) is 4.98 Å². The molecule has 16 heavy (non-hydrogen) atoms. The van der Waals surface area contributed by atoms with Crippen molar-refractivity contribution in [2.75, 3.05) is 0 Å². The Balaban J connectivity index is 2.11. The zero-order valence-electron chi connectivity index (χ0n) is 9.07. The van der Waals surface area contributed by atoms with Gasteiger partial charge in [-0.05, 0) is 24.1 Å². The predicted molar refractivity (Wildman–Crippen MR) is 62.6 cm³/mol. The van der Waals surface area contributed by atoms with Crippen molar-refractivity contribution in [3.05, 3.63) is 64.1 Å². The van der Waals surface area contributed by atoms with Crippen LogP contribution in [-0.4, -0.2) is 4.98 Å². The van der Waals surface area contributed by atoms with Crippen LogP contribution >= 0.6 is 0 Å². The van der Waals surface area contributed by atoms with Crippen molar-refractivity contribution in [2.45, 2.75) is 13.5 Å². The van der Waals surface area contributed by atoms with E-state index >= 15 is 0 Å². The van der Waals surface area contributed by atoms with Crippen molar-refractivity contribution >= 4 is 0 Å². The highest BCUT2D eigenvalue weighted by atomic mass is 16.5. The SMILES string of the molecule is Cc1c[nH]c(=O)c(OCc2ccccc2)c1. The summed E-state index contributed by atoms with van der Waals surface area (Å²) in [6.07, 6.45) is 1.66. The summed E-state index contributed by atoms with van der Waals surface area (Å²) < 4.78 is 5.46. The van der Waals surface area contributed by atoms with E-state index in [0.717, 1.165) is 11.1 Å². The van der Waals surface area contributed by atoms with Crippen LogP contribution in [0.4, 0.5) is 0 Å². The number of aromatic nitrogens is 1. The summed E-state index contributed by atoms with van der Waals surface area (Å²) in [5.41, 5.74) is 1.83. The first-order valence-corrected chi connectivity index (χ1v) is 5.12. The van der Waals surface area contributed by atoms with E-state index in [9.17, 15) is 4.79 Å². The molecule has 1 aromatic carbocycles. The summed E-state index contributed by atoms with van der Waals surface area (Å²) in [7, 11) is 0. The standard InChI is InChI=1S/C13H13NO2/c1-10-7-12(13(15)14-8-10)16-9-11-5-3-2-4-6-11/h2-8H,9H2,1H3,(H,14,15). The highest BCUT2D eigenvalue weighted by Crippen LogP contribution is 2.08. The van der Waals surface area contributed by atoms with Gasteiger partial charge in [-0.25, -0.2) is 0 Å². The third-order valence-electron chi connectivity index (χ3n) is 2.25. The van der Waals surface area contributed by atoms with Gasteiger partial charge >= 0.3 is 0 Å². The zero-order valence-corrected chi connectivity index (χ0v) is 9.07. The molecule has 2 rings (SSSR count). The summed E-state index contributed by atoms with van der Waals surface area (Å²) in [6, 6.07) is 11.5. The second kappa shape index (κ2) is 4.66. The van der Waals surface area contributed by atoms with Gasteiger partial charge in [-0.1, -0.05) is 30.3 Å². The first-order valence-electron chi connectivity index (χ1n) is 5.12. The number of aromatic amines is 1. The second-order valence-corrected chi connectivity index (χ2v) is 3.64. The van der Waals surface area contributed by atoms with Gasteiger partial charge in [0.05, 0.1) is 0 Å². The molecule has 0 fully saturated rings. The average molecular weight is 215 g/mol. The van der Waals surface area contributed by atoms with Gasteiger partial charge in [-0.3, -0.25) is 4.79 Å². The molecule has 0 saturated carbocycles. The lowest BCUT2D eigenvalue weighted by Crippen LogP contribution is -2.10. The molecule has 0 unspecified atom stereocenters. The number of aryl methyl sites for hydroxylation is 1. The molecule has 0 bridgehead atoms. The van der Waals surface area contributed by atoms with E-state index in [1.54, 1.807) is 12.3 Å². The molecule has 2 aromatic rings. The van der Waals surface area contributed by atoms with Crippen molar-refractivity contribution in [3.63, 3.8) is 0 Å². The molecule has 0 aliphatic heterocycles. The normalized spacial score (nSPS) is 10.1.